The molecule has 0 aliphatic heterocycles. The van der Waals surface area contributed by atoms with Crippen molar-refractivity contribution in [1.29, 1.82) is 0 Å². The van der Waals surface area contributed by atoms with Gasteiger partial charge in [-0.1, -0.05) is 19.1 Å². The molecule has 5 nitrogen and oxygen atoms in total. The van der Waals surface area contributed by atoms with Gasteiger partial charge >= 0.3 is 0 Å². The maximum Gasteiger partial charge on any atom is 0.281 e. The number of rotatable bonds is 5. The number of carbonyl (C=O) groups excluding carboxylic acids is 2. The molecule has 2 N–H and O–H groups in total. The maximum absolute atomic E-state index is 12.1. The van der Waals surface area contributed by atoms with Gasteiger partial charge in [-0.05, 0) is 43.2 Å². The fourth-order valence-corrected chi connectivity index (χ4v) is 2.81. The zero-order valence-electron chi connectivity index (χ0n) is 13.3. The average Bonchev–Trinajstić information content (AvgIpc) is 3.01. The monoisotopic (exact) mass is 329 g/mol. The Morgan fingerprint density at radius 3 is 2.61 bits per heavy atom. The van der Waals surface area contributed by atoms with Crippen molar-refractivity contribution in [3.63, 3.8) is 0 Å². The summed E-state index contributed by atoms with van der Waals surface area (Å²) in [6.45, 7) is 5.32. The molecule has 2 rings (SSSR count). The molecule has 0 atom stereocenters. The highest BCUT2D eigenvalue weighted by molar-refractivity contribution is 7.14. The molecule has 23 heavy (non-hydrogen) atoms. The van der Waals surface area contributed by atoms with E-state index in [1.54, 1.807) is 19.1 Å². The van der Waals surface area contributed by atoms with Crippen LogP contribution in [-0.4, -0.2) is 17.5 Å². The van der Waals surface area contributed by atoms with Crippen LogP contribution in [0.25, 0.3) is 0 Å². The maximum atomic E-state index is 12.1. The zero-order valence-corrected chi connectivity index (χ0v) is 14.2. The van der Waals surface area contributed by atoms with Crippen molar-refractivity contribution in [3.8, 4) is 0 Å². The number of thiophene rings is 1. The Hall–Kier alpha value is -2.47. The Morgan fingerprint density at radius 2 is 1.96 bits per heavy atom. The van der Waals surface area contributed by atoms with Crippen LogP contribution in [-0.2, 0) is 11.2 Å². The lowest BCUT2D eigenvalue weighted by Crippen LogP contribution is -2.18. The highest BCUT2D eigenvalue weighted by Crippen LogP contribution is 2.16. The number of amides is 2. The van der Waals surface area contributed by atoms with E-state index in [9.17, 15) is 9.59 Å². The lowest BCUT2D eigenvalue weighted by Gasteiger charge is -2.06. The summed E-state index contributed by atoms with van der Waals surface area (Å²) in [5, 5.41) is 6.86. The Kier molecular flexibility index (Phi) is 5.65. The lowest BCUT2D eigenvalue weighted by molar-refractivity contribution is -0.114. The SMILES string of the molecule is CCc1ccc(C(=O)N/N=C(/C)c2cccc(NC(C)=O)c2)s1. The standard InChI is InChI=1S/C17H19N3O2S/c1-4-15-8-9-16(23-15)17(22)20-19-11(2)13-6-5-7-14(10-13)18-12(3)21/h5-10H,4H2,1-3H3,(H,18,21)(H,20,22)/b19-11-. The average molecular weight is 329 g/mol. The number of hydrogen-bond acceptors (Lipinski definition) is 4. The lowest BCUT2D eigenvalue weighted by atomic mass is 10.1. The van der Waals surface area contributed by atoms with Crippen molar-refractivity contribution in [1.82, 2.24) is 5.43 Å². The van der Waals surface area contributed by atoms with Gasteiger partial charge in [0.2, 0.25) is 5.91 Å². The molecule has 2 amide bonds. The van der Waals surface area contributed by atoms with E-state index in [1.807, 2.05) is 24.3 Å². The molecular weight excluding hydrogens is 310 g/mol. The van der Waals surface area contributed by atoms with Gasteiger partial charge in [0.25, 0.3) is 5.91 Å². The second-order valence-electron chi connectivity index (χ2n) is 5.02. The van der Waals surface area contributed by atoms with E-state index in [1.165, 1.54) is 23.1 Å². The highest BCUT2D eigenvalue weighted by atomic mass is 32.1. The molecule has 1 aromatic carbocycles. The van der Waals surface area contributed by atoms with Crippen LogP contribution in [0.15, 0.2) is 41.5 Å². The third-order valence-electron chi connectivity index (χ3n) is 3.16. The first-order chi connectivity index (χ1) is 11.0. The number of hydrogen-bond donors (Lipinski definition) is 2. The van der Waals surface area contributed by atoms with Crippen LogP contribution in [0.3, 0.4) is 0 Å². The molecule has 1 aromatic heterocycles. The summed E-state index contributed by atoms with van der Waals surface area (Å²) >= 11 is 1.47. The molecule has 120 valence electrons. The van der Waals surface area contributed by atoms with Crippen LogP contribution in [0.5, 0.6) is 0 Å². The predicted molar refractivity (Wildman–Crippen MR) is 94.1 cm³/mol. The normalized spacial score (nSPS) is 11.2. The molecule has 6 heteroatoms. The second-order valence-corrected chi connectivity index (χ2v) is 6.19. The van der Waals surface area contributed by atoms with Crippen LogP contribution in [0.4, 0.5) is 5.69 Å². The molecule has 0 aliphatic rings. The zero-order chi connectivity index (χ0) is 16.8. The molecule has 2 aromatic rings. The summed E-state index contributed by atoms with van der Waals surface area (Å²) in [5.74, 6) is -0.346. The Morgan fingerprint density at radius 1 is 1.17 bits per heavy atom. The minimum atomic E-state index is -0.216. The summed E-state index contributed by atoms with van der Waals surface area (Å²) in [6.07, 6.45) is 0.913. The van der Waals surface area contributed by atoms with Crippen LogP contribution >= 0.6 is 11.3 Å². The second kappa shape index (κ2) is 7.69. The molecule has 0 radical (unpaired) electrons. The third-order valence-corrected chi connectivity index (χ3v) is 4.39. The topological polar surface area (TPSA) is 70.6 Å². The van der Waals surface area contributed by atoms with E-state index in [2.05, 4.69) is 22.8 Å². The van der Waals surface area contributed by atoms with Crippen LogP contribution in [0, 0.1) is 0 Å². The molecule has 1 heterocycles. The van der Waals surface area contributed by atoms with Crippen molar-refractivity contribution in [2.75, 3.05) is 5.32 Å². The van der Waals surface area contributed by atoms with E-state index in [-0.39, 0.29) is 11.8 Å². The van der Waals surface area contributed by atoms with Gasteiger partial charge in [-0.15, -0.1) is 11.3 Å². The number of carbonyl (C=O) groups is 2. The number of nitrogens with zero attached hydrogens (tertiary/aromatic N) is 1. The molecule has 0 saturated carbocycles. The van der Waals surface area contributed by atoms with Gasteiger partial charge in [-0.3, -0.25) is 9.59 Å². The predicted octanol–water partition coefficient (Wildman–Crippen LogP) is 3.42. The highest BCUT2D eigenvalue weighted by Gasteiger charge is 2.08. The van der Waals surface area contributed by atoms with Crippen molar-refractivity contribution in [2.45, 2.75) is 27.2 Å². The van der Waals surface area contributed by atoms with E-state index in [4.69, 9.17) is 0 Å². The first-order valence-corrected chi connectivity index (χ1v) is 8.12. The van der Waals surface area contributed by atoms with Crippen molar-refractivity contribution >= 4 is 34.6 Å². The number of benzene rings is 1. The largest absolute Gasteiger partial charge is 0.326 e. The minimum absolute atomic E-state index is 0.130. The molecule has 0 bridgehead atoms. The number of nitrogens with one attached hydrogen (secondary N) is 2. The van der Waals surface area contributed by atoms with Gasteiger partial charge in [0.1, 0.15) is 0 Å². The number of anilines is 1. The molecule has 0 spiro atoms. The van der Waals surface area contributed by atoms with Crippen LogP contribution in [0.2, 0.25) is 0 Å². The first kappa shape index (κ1) is 16.9. The summed E-state index contributed by atoms with van der Waals surface area (Å²) in [6, 6.07) is 11.1. The fourth-order valence-electron chi connectivity index (χ4n) is 1.97. The summed E-state index contributed by atoms with van der Waals surface area (Å²) in [5.41, 5.74) is 4.76. The van der Waals surface area contributed by atoms with Gasteiger partial charge in [0, 0.05) is 17.5 Å². The first-order valence-electron chi connectivity index (χ1n) is 7.31. The Balaban J connectivity index is 2.07. The van der Waals surface area contributed by atoms with Crippen LogP contribution < -0.4 is 10.7 Å². The Bertz CT molecular complexity index is 750. The Labute approximate surface area is 139 Å². The molecule has 0 aliphatic carbocycles. The van der Waals surface area contributed by atoms with Crippen LogP contribution in [0.1, 0.15) is 40.9 Å². The van der Waals surface area contributed by atoms with Crippen molar-refractivity contribution in [2.24, 2.45) is 5.10 Å². The third kappa shape index (κ3) is 4.75. The smallest absolute Gasteiger partial charge is 0.281 e. The summed E-state index contributed by atoms with van der Waals surface area (Å²) in [4.78, 5) is 25.0. The summed E-state index contributed by atoms with van der Waals surface area (Å²) in [7, 11) is 0. The summed E-state index contributed by atoms with van der Waals surface area (Å²) < 4.78 is 0. The van der Waals surface area contributed by atoms with Gasteiger partial charge in [0.05, 0.1) is 10.6 Å². The molecule has 0 unspecified atom stereocenters. The molecular formula is C17H19N3O2S. The quantitative estimate of drug-likeness (QED) is 0.652. The van der Waals surface area contributed by atoms with Crippen molar-refractivity contribution < 1.29 is 9.59 Å². The number of hydrazone groups is 1. The van der Waals surface area contributed by atoms with Crippen molar-refractivity contribution in [3.05, 3.63) is 51.7 Å². The van der Waals surface area contributed by atoms with E-state index < -0.39 is 0 Å². The molecule has 0 fully saturated rings. The van der Waals surface area contributed by atoms with E-state index >= 15 is 0 Å². The van der Waals surface area contributed by atoms with E-state index in [0.717, 1.165) is 12.0 Å². The number of aryl methyl sites for hydroxylation is 1. The minimum Gasteiger partial charge on any atom is -0.326 e. The van der Waals surface area contributed by atoms with Gasteiger partial charge < -0.3 is 5.32 Å². The molecule has 0 saturated heterocycles. The van der Waals surface area contributed by atoms with Gasteiger partial charge in [-0.2, -0.15) is 5.10 Å². The van der Waals surface area contributed by atoms with Gasteiger partial charge in [0.15, 0.2) is 0 Å². The fraction of sp³-hybridized carbons (Fsp3) is 0.235. The van der Waals surface area contributed by atoms with E-state index in [0.29, 0.717) is 16.3 Å². The van der Waals surface area contributed by atoms with Gasteiger partial charge in [-0.25, -0.2) is 5.43 Å².